The smallest absolute Gasteiger partial charge is 0.335 e. The Morgan fingerprint density at radius 1 is 0.920 bits per heavy atom. The van der Waals surface area contributed by atoms with Gasteiger partial charge in [0.2, 0.25) is 5.82 Å². The zero-order chi connectivity index (χ0) is 18.6. The van der Waals surface area contributed by atoms with E-state index in [1.165, 1.54) is 18.2 Å². The van der Waals surface area contributed by atoms with Gasteiger partial charge in [0.1, 0.15) is 5.75 Å². The van der Waals surface area contributed by atoms with Gasteiger partial charge in [-0.15, -0.1) is 0 Å². The summed E-state index contributed by atoms with van der Waals surface area (Å²) in [6.45, 7) is 8.14. The fraction of sp³-hybridized carbons (Fsp3) is 0.0526. The second-order valence-electron chi connectivity index (χ2n) is 4.97. The van der Waals surface area contributed by atoms with Crippen molar-refractivity contribution in [1.29, 1.82) is 0 Å². The average Bonchev–Trinajstić information content (AvgIpc) is 2.60. The molecule has 2 rings (SSSR count). The molecule has 0 fully saturated rings. The highest BCUT2D eigenvalue weighted by atomic mass is 19.2. The van der Waals surface area contributed by atoms with E-state index in [4.69, 9.17) is 4.74 Å². The fourth-order valence-corrected chi connectivity index (χ4v) is 2.07. The number of halogens is 2. The van der Waals surface area contributed by atoms with Crippen LogP contribution >= 0.6 is 0 Å². The van der Waals surface area contributed by atoms with Crippen molar-refractivity contribution in [2.75, 3.05) is 0 Å². The largest absolute Gasteiger partial charge is 0.423 e. The second kappa shape index (κ2) is 7.53. The molecule has 0 N–H and O–H groups in total. The minimum Gasteiger partial charge on any atom is -0.423 e. The third-order valence-corrected chi connectivity index (χ3v) is 3.29. The Hall–Kier alpha value is -3.28. The quantitative estimate of drug-likeness (QED) is 0.465. The predicted molar refractivity (Wildman–Crippen MR) is 88.2 cm³/mol. The molecule has 0 atom stereocenters. The standard InChI is InChI=1S/C19H14F2O4/c1-4-16(22)24-14-8-6-12(10-11(14)3)13-7-9-15(19(21)18(13)20)25-17(23)5-2/h4-10H,1-2H2,3H3. The van der Waals surface area contributed by atoms with Crippen LogP contribution in [0.4, 0.5) is 8.78 Å². The molecular weight excluding hydrogens is 330 g/mol. The maximum Gasteiger partial charge on any atom is 0.335 e. The lowest BCUT2D eigenvalue weighted by Gasteiger charge is -2.11. The Morgan fingerprint density at radius 3 is 2.04 bits per heavy atom. The van der Waals surface area contributed by atoms with E-state index in [2.05, 4.69) is 17.9 Å². The van der Waals surface area contributed by atoms with Crippen molar-refractivity contribution in [2.24, 2.45) is 0 Å². The van der Waals surface area contributed by atoms with E-state index in [-0.39, 0.29) is 11.3 Å². The summed E-state index contributed by atoms with van der Waals surface area (Å²) in [4.78, 5) is 22.4. The van der Waals surface area contributed by atoms with E-state index in [0.29, 0.717) is 11.1 Å². The lowest BCUT2D eigenvalue weighted by Crippen LogP contribution is -2.06. The van der Waals surface area contributed by atoms with Crippen LogP contribution in [0.5, 0.6) is 11.5 Å². The van der Waals surface area contributed by atoms with Crippen LogP contribution < -0.4 is 9.47 Å². The van der Waals surface area contributed by atoms with E-state index in [0.717, 1.165) is 18.2 Å². The maximum atomic E-state index is 14.3. The maximum absolute atomic E-state index is 14.3. The van der Waals surface area contributed by atoms with Crippen molar-refractivity contribution in [2.45, 2.75) is 6.92 Å². The molecule has 0 saturated heterocycles. The van der Waals surface area contributed by atoms with Crippen LogP contribution in [-0.4, -0.2) is 11.9 Å². The average molecular weight is 344 g/mol. The SMILES string of the molecule is C=CC(=O)Oc1ccc(-c2ccc(OC(=O)C=C)c(F)c2F)cc1C. The van der Waals surface area contributed by atoms with Crippen LogP contribution in [0.3, 0.4) is 0 Å². The number of esters is 2. The van der Waals surface area contributed by atoms with Crippen LogP contribution in [0, 0.1) is 18.6 Å². The molecule has 0 aromatic heterocycles. The van der Waals surface area contributed by atoms with Crippen LogP contribution in [0.1, 0.15) is 5.56 Å². The topological polar surface area (TPSA) is 52.6 Å². The minimum absolute atomic E-state index is 0.0272. The summed E-state index contributed by atoms with van der Waals surface area (Å²) in [5, 5.41) is 0. The number of hydrogen-bond acceptors (Lipinski definition) is 4. The normalized spacial score (nSPS) is 10.0. The number of carbonyl (C=O) groups excluding carboxylic acids is 2. The van der Waals surface area contributed by atoms with E-state index in [9.17, 15) is 18.4 Å². The van der Waals surface area contributed by atoms with Gasteiger partial charge in [-0.2, -0.15) is 4.39 Å². The zero-order valence-electron chi connectivity index (χ0n) is 13.3. The molecule has 6 heteroatoms. The van der Waals surface area contributed by atoms with E-state index in [1.807, 2.05) is 0 Å². The molecule has 0 saturated carbocycles. The van der Waals surface area contributed by atoms with Gasteiger partial charge in [-0.25, -0.2) is 14.0 Å². The number of aryl methyl sites for hydroxylation is 1. The van der Waals surface area contributed by atoms with Gasteiger partial charge < -0.3 is 9.47 Å². The summed E-state index contributed by atoms with van der Waals surface area (Å²) in [6.07, 6.45) is 1.86. The number of carbonyl (C=O) groups is 2. The van der Waals surface area contributed by atoms with E-state index >= 15 is 0 Å². The van der Waals surface area contributed by atoms with Gasteiger partial charge in [-0.1, -0.05) is 19.2 Å². The molecule has 0 spiro atoms. The summed E-state index contributed by atoms with van der Waals surface area (Å²) >= 11 is 0. The molecule has 0 unspecified atom stereocenters. The van der Waals surface area contributed by atoms with Gasteiger partial charge in [0, 0.05) is 17.7 Å². The van der Waals surface area contributed by atoms with Crippen molar-refractivity contribution in [3.05, 3.63) is 72.8 Å². The molecule has 128 valence electrons. The third-order valence-electron chi connectivity index (χ3n) is 3.29. The highest BCUT2D eigenvalue weighted by Gasteiger charge is 2.18. The molecule has 2 aromatic rings. The number of rotatable bonds is 5. The van der Waals surface area contributed by atoms with Crippen molar-refractivity contribution < 1.29 is 27.8 Å². The zero-order valence-corrected chi connectivity index (χ0v) is 13.3. The molecule has 2 aromatic carbocycles. The summed E-state index contributed by atoms with van der Waals surface area (Å²) in [6, 6.07) is 6.92. The van der Waals surface area contributed by atoms with Crippen LogP contribution in [-0.2, 0) is 9.59 Å². The molecule has 0 bridgehead atoms. The summed E-state index contributed by atoms with van der Waals surface area (Å²) < 4.78 is 38.0. The molecule has 0 aliphatic carbocycles. The molecule has 0 amide bonds. The Bertz CT molecular complexity index is 872. The van der Waals surface area contributed by atoms with E-state index in [1.54, 1.807) is 13.0 Å². The van der Waals surface area contributed by atoms with Crippen molar-refractivity contribution in [3.63, 3.8) is 0 Å². The number of ether oxygens (including phenoxy) is 2. The molecular formula is C19H14F2O4. The first-order valence-corrected chi connectivity index (χ1v) is 7.15. The van der Waals surface area contributed by atoms with Gasteiger partial charge in [-0.05, 0) is 42.3 Å². The Labute approximate surface area is 143 Å². The third kappa shape index (κ3) is 3.98. The van der Waals surface area contributed by atoms with E-state index < -0.39 is 29.3 Å². The van der Waals surface area contributed by atoms with Crippen molar-refractivity contribution in [1.82, 2.24) is 0 Å². The lowest BCUT2D eigenvalue weighted by molar-refractivity contribution is -0.130. The Kier molecular flexibility index (Phi) is 5.44. The van der Waals surface area contributed by atoms with Gasteiger partial charge in [0.15, 0.2) is 11.6 Å². The summed E-state index contributed by atoms with van der Waals surface area (Å²) in [5.41, 5.74) is 0.893. The highest BCUT2D eigenvalue weighted by Crippen LogP contribution is 2.32. The second-order valence-corrected chi connectivity index (χ2v) is 4.97. The number of benzene rings is 2. The van der Waals surface area contributed by atoms with Crippen molar-refractivity contribution in [3.8, 4) is 22.6 Å². The van der Waals surface area contributed by atoms with Crippen LogP contribution in [0.15, 0.2) is 55.6 Å². The van der Waals surface area contributed by atoms with Gasteiger partial charge in [0.25, 0.3) is 0 Å². The van der Waals surface area contributed by atoms with Crippen LogP contribution in [0.2, 0.25) is 0 Å². The van der Waals surface area contributed by atoms with Gasteiger partial charge in [-0.3, -0.25) is 0 Å². The Balaban J connectivity index is 2.39. The monoisotopic (exact) mass is 344 g/mol. The van der Waals surface area contributed by atoms with Gasteiger partial charge >= 0.3 is 11.9 Å². The highest BCUT2D eigenvalue weighted by molar-refractivity contribution is 5.84. The first-order valence-electron chi connectivity index (χ1n) is 7.15. The lowest BCUT2D eigenvalue weighted by atomic mass is 10.0. The molecule has 4 nitrogen and oxygen atoms in total. The first kappa shape index (κ1) is 18.1. The summed E-state index contributed by atoms with van der Waals surface area (Å²) in [7, 11) is 0. The molecule has 0 heterocycles. The molecule has 25 heavy (non-hydrogen) atoms. The Morgan fingerprint density at radius 2 is 1.48 bits per heavy atom. The molecule has 0 aliphatic heterocycles. The minimum atomic E-state index is -1.28. The van der Waals surface area contributed by atoms with Gasteiger partial charge in [0.05, 0.1) is 0 Å². The molecule has 0 aliphatic rings. The van der Waals surface area contributed by atoms with Crippen LogP contribution in [0.25, 0.3) is 11.1 Å². The van der Waals surface area contributed by atoms with Crippen molar-refractivity contribution >= 4 is 11.9 Å². The first-order chi connectivity index (χ1) is 11.9. The molecule has 0 radical (unpaired) electrons. The number of hydrogen-bond donors (Lipinski definition) is 0. The summed E-state index contributed by atoms with van der Waals surface area (Å²) in [5.74, 6) is -4.21. The fourth-order valence-electron chi connectivity index (χ4n) is 2.07. The predicted octanol–water partition coefficient (Wildman–Crippen LogP) is 4.12.